The SMILES string of the molecule is CN1C(CCCCN2CCN(c3ncccn3)CC2)C=CS1(=O)=O. The summed E-state index contributed by atoms with van der Waals surface area (Å²) in [5.41, 5.74) is 0. The van der Waals surface area contributed by atoms with Gasteiger partial charge in [0.2, 0.25) is 16.0 Å². The lowest BCUT2D eigenvalue weighted by Gasteiger charge is -2.34. The van der Waals surface area contributed by atoms with Crippen LogP contribution in [0.4, 0.5) is 5.95 Å². The number of unbranched alkanes of at least 4 members (excludes halogenated alkanes) is 1. The molecule has 1 aromatic rings. The minimum atomic E-state index is -3.14. The first-order valence-electron chi connectivity index (χ1n) is 8.47. The highest BCUT2D eigenvalue weighted by Crippen LogP contribution is 2.20. The average Bonchev–Trinajstić information content (AvgIpc) is 2.87. The van der Waals surface area contributed by atoms with Crippen LogP contribution in [0.5, 0.6) is 0 Å². The van der Waals surface area contributed by atoms with Gasteiger partial charge in [-0.25, -0.2) is 18.4 Å². The summed E-state index contributed by atoms with van der Waals surface area (Å²) in [4.78, 5) is 13.3. The van der Waals surface area contributed by atoms with Gasteiger partial charge in [-0.1, -0.05) is 12.5 Å². The Bertz CT molecular complexity index is 656. The molecular formula is C16H25N5O2S. The Balaban J connectivity index is 1.34. The molecule has 7 nitrogen and oxygen atoms in total. The van der Waals surface area contributed by atoms with Gasteiger partial charge in [-0.05, 0) is 25.5 Å². The molecule has 0 saturated carbocycles. The van der Waals surface area contributed by atoms with E-state index in [4.69, 9.17) is 0 Å². The van der Waals surface area contributed by atoms with E-state index in [1.165, 1.54) is 9.71 Å². The van der Waals surface area contributed by atoms with Crippen molar-refractivity contribution in [3.05, 3.63) is 29.9 Å². The molecule has 2 aliphatic rings. The van der Waals surface area contributed by atoms with E-state index in [1.807, 2.05) is 6.07 Å². The molecule has 3 heterocycles. The van der Waals surface area contributed by atoms with Gasteiger partial charge in [-0.15, -0.1) is 0 Å². The van der Waals surface area contributed by atoms with Gasteiger partial charge in [0.25, 0.3) is 0 Å². The molecule has 1 saturated heterocycles. The molecule has 132 valence electrons. The smallest absolute Gasteiger partial charge is 0.236 e. The summed E-state index contributed by atoms with van der Waals surface area (Å²) >= 11 is 0. The van der Waals surface area contributed by atoms with E-state index in [1.54, 1.807) is 25.5 Å². The molecule has 1 fully saturated rings. The van der Waals surface area contributed by atoms with Gasteiger partial charge in [0, 0.05) is 57.1 Å². The highest BCUT2D eigenvalue weighted by Gasteiger charge is 2.27. The molecule has 0 N–H and O–H groups in total. The van der Waals surface area contributed by atoms with Crippen molar-refractivity contribution >= 4 is 16.0 Å². The van der Waals surface area contributed by atoms with Crippen LogP contribution >= 0.6 is 0 Å². The highest BCUT2D eigenvalue weighted by molar-refractivity contribution is 7.92. The van der Waals surface area contributed by atoms with Crippen LogP contribution in [-0.2, 0) is 10.0 Å². The van der Waals surface area contributed by atoms with Crippen molar-refractivity contribution in [2.24, 2.45) is 0 Å². The molecule has 8 heteroatoms. The van der Waals surface area contributed by atoms with Crippen molar-refractivity contribution in [1.82, 2.24) is 19.2 Å². The molecule has 0 aliphatic carbocycles. The zero-order valence-electron chi connectivity index (χ0n) is 14.1. The van der Waals surface area contributed by atoms with Crippen molar-refractivity contribution in [2.75, 3.05) is 44.7 Å². The van der Waals surface area contributed by atoms with Gasteiger partial charge in [-0.2, -0.15) is 4.31 Å². The molecule has 0 spiro atoms. The van der Waals surface area contributed by atoms with Gasteiger partial charge in [-0.3, -0.25) is 4.90 Å². The van der Waals surface area contributed by atoms with E-state index in [0.29, 0.717) is 0 Å². The standard InChI is InChI=1S/C16H25N5O2S/c1-19-15(6-14-24(19,22)23)5-2-3-9-20-10-12-21(13-11-20)16-17-7-4-8-18-16/h4,6-8,14-15H,2-3,5,9-13H2,1H3. The topological polar surface area (TPSA) is 69.6 Å². The van der Waals surface area contributed by atoms with Crippen LogP contribution in [0, 0.1) is 0 Å². The molecular weight excluding hydrogens is 326 g/mol. The first kappa shape index (κ1) is 17.3. The van der Waals surface area contributed by atoms with Gasteiger partial charge in [0.15, 0.2) is 0 Å². The number of likely N-dealkylation sites (N-methyl/N-ethyl adjacent to an activating group) is 1. The van der Waals surface area contributed by atoms with Crippen LogP contribution < -0.4 is 4.90 Å². The lowest BCUT2D eigenvalue weighted by Crippen LogP contribution is -2.47. The maximum Gasteiger partial charge on any atom is 0.236 e. The van der Waals surface area contributed by atoms with Gasteiger partial charge in [0.1, 0.15) is 0 Å². The van der Waals surface area contributed by atoms with Crippen LogP contribution in [-0.4, -0.2) is 73.4 Å². The molecule has 1 unspecified atom stereocenters. The highest BCUT2D eigenvalue weighted by atomic mass is 32.2. The summed E-state index contributed by atoms with van der Waals surface area (Å²) < 4.78 is 24.7. The second-order valence-corrected chi connectivity index (χ2v) is 8.21. The minimum Gasteiger partial charge on any atom is -0.338 e. The molecule has 24 heavy (non-hydrogen) atoms. The van der Waals surface area contributed by atoms with Crippen LogP contribution in [0.15, 0.2) is 29.9 Å². The number of piperazine rings is 1. The lowest BCUT2D eigenvalue weighted by molar-refractivity contribution is 0.249. The molecule has 0 bridgehead atoms. The van der Waals surface area contributed by atoms with Gasteiger partial charge >= 0.3 is 0 Å². The number of hydrogen-bond acceptors (Lipinski definition) is 6. The Kier molecular flexibility index (Phi) is 5.47. The second-order valence-electron chi connectivity index (χ2n) is 6.33. The summed E-state index contributed by atoms with van der Waals surface area (Å²) in [5.74, 6) is 0.814. The first-order chi connectivity index (χ1) is 11.6. The Morgan fingerprint density at radius 3 is 2.46 bits per heavy atom. The number of sulfonamides is 1. The normalized spacial score (nSPS) is 24.5. The molecule has 1 aromatic heterocycles. The monoisotopic (exact) mass is 351 g/mol. The first-order valence-corrected chi connectivity index (χ1v) is 9.97. The Morgan fingerprint density at radius 1 is 1.12 bits per heavy atom. The fraction of sp³-hybridized carbons (Fsp3) is 0.625. The Hall–Kier alpha value is -1.51. The predicted molar refractivity (Wildman–Crippen MR) is 94.1 cm³/mol. The lowest BCUT2D eigenvalue weighted by atomic mass is 10.1. The molecule has 0 radical (unpaired) electrons. The number of hydrogen-bond donors (Lipinski definition) is 0. The number of anilines is 1. The summed E-state index contributed by atoms with van der Waals surface area (Å²) in [5, 5.41) is 1.32. The largest absolute Gasteiger partial charge is 0.338 e. The summed E-state index contributed by atoms with van der Waals surface area (Å²) in [7, 11) is -1.48. The molecule has 0 amide bonds. The minimum absolute atomic E-state index is 0.0297. The third kappa shape index (κ3) is 4.12. The summed E-state index contributed by atoms with van der Waals surface area (Å²) in [6.45, 7) is 5.02. The predicted octanol–water partition coefficient (Wildman–Crippen LogP) is 0.926. The number of nitrogens with zero attached hydrogens (tertiary/aromatic N) is 5. The second kappa shape index (κ2) is 7.58. The van der Waals surface area contributed by atoms with Crippen molar-refractivity contribution < 1.29 is 8.42 Å². The average molecular weight is 351 g/mol. The summed E-state index contributed by atoms with van der Waals surface area (Å²) in [6.07, 6.45) is 8.39. The van der Waals surface area contributed by atoms with Crippen molar-refractivity contribution in [1.29, 1.82) is 0 Å². The van der Waals surface area contributed by atoms with Crippen LogP contribution in [0.1, 0.15) is 19.3 Å². The summed E-state index contributed by atoms with van der Waals surface area (Å²) in [6, 6.07) is 1.86. The van der Waals surface area contributed by atoms with Crippen LogP contribution in [0.25, 0.3) is 0 Å². The maximum atomic E-state index is 11.6. The molecule has 0 aromatic carbocycles. The number of rotatable bonds is 6. The molecule has 1 atom stereocenters. The Labute approximate surface area is 144 Å². The number of aromatic nitrogens is 2. The molecule has 3 rings (SSSR count). The Morgan fingerprint density at radius 2 is 1.83 bits per heavy atom. The third-order valence-corrected chi connectivity index (χ3v) is 6.35. The van der Waals surface area contributed by atoms with Crippen molar-refractivity contribution in [3.63, 3.8) is 0 Å². The van der Waals surface area contributed by atoms with E-state index >= 15 is 0 Å². The third-order valence-electron chi connectivity index (χ3n) is 4.77. The van der Waals surface area contributed by atoms with Crippen LogP contribution in [0.3, 0.4) is 0 Å². The van der Waals surface area contributed by atoms with Gasteiger partial charge in [0.05, 0.1) is 0 Å². The quantitative estimate of drug-likeness (QED) is 0.710. The van der Waals surface area contributed by atoms with Crippen molar-refractivity contribution in [2.45, 2.75) is 25.3 Å². The van der Waals surface area contributed by atoms with Crippen molar-refractivity contribution in [3.8, 4) is 0 Å². The van der Waals surface area contributed by atoms with E-state index < -0.39 is 10.0 Å². The van der Waals surface area contributed by atoms with Gasteiger partial charge < -0.3 is 4.90 Å². The van der Waals surface area contributed by atoms with E-state index in [2.05, 4.69) is 19.8 Å². The van der Waals surface area contributed by atoms with E-state index in [0.717, 1.165) is 57.9 Å². The zero-order chi connectivity index (χ0) is 17.0. The maximum absolute atomic E-state index is 11.6. The van der Waals surface area contributed by atoms with E-state index in [-0.39, 0.29) is 6.04 Å². The fourth-order valence-corrected chi connectivity index (χ4v) is 4.31. The fourth-order valence-electron chi connectivity index (χ4n) is 3.19. The molecule has 2 aliphatic heterocycles. The van der Waals surface area contributed by atoms with E-state index in [9.17, 15) is 8.42 Å². The van der Waals surface area contributed by atoms with Crippen LogP contribution in [0.2, 0.25) is 0 Å². The zero-order valence-corrected chi connectivity index (χ0v) is 14.9.